The van der Waals surface area contributed by atoms with E-state index in [9.17, 15) is 9.59 Å². The summed E-state index contributed by atoms with van der Waals surface area (Å²) >= 11 is 6.17. The number of carbonyl (C=O) groups excluding carboxylic acids is 2. The largest absolute Gasteiger partial charge is 0.351 e. The molecule has 0 radical (unpaired) electrons. The van der Waals surface area contributed by atoms with Crippen molar-refractivity contribution in [1.82, 2.24) is 20.9 Å². The van der Waals surface area contributed by atoms with Crippen LogP contribution in [-0.2, 0) is 29.0 Å². The van der Waals surface area contributed by atoms with Crippen molar-refractivity contribution in [1.29, 1.82) is 0 Å². The molecule has 2 aliphatic heterocycles. The molecule has 2 fully saturated rings. The first-order chi connectivity index (χ1) is 20.1. The molecule has 0 bridgehead atoms. The molecule has 1 saturated heterocycles. The number of piperidine rings is 1. The van der Waals surface area contributed by atoms with Crippen molar-refractivity contribution >= 4 is 23.4 Å². The van der Waals surface area contributed by atoms with E-state index in [-0.39, 0.29) is 34.9 Å². The monoisotopic (exact) mass is 592 g/mol. The van der Waals surface area contributed by atoms with Gasteiger partial charge < -0.3 is 20.9 Å². The number of hydrogen-bond acceptors (Lipinski definition) is 4. The summed E-state index contributed by atoms with van der Waals surface area (Å²) in [4.78, 5) is 29.9. The summed E-state index contributed by atoms with van der Waals surface area (Å²) in [5.41, 5.74) is 3.14. The number of amides is 2. The maximum Gasteiger partial charge on any atom is 0.237 e. The second-order valence-electron chi connectivity index (χ2n) is 13.9. The first-order valence-electron chi connectivity index (χ1n) is 16.0. The maximum absolute atomic E-state index is 13.8. The quantitative estimate of drug-likeness (QED) is 0.370. The lowest BCUT2D eigenvalue weighted by atomic mass is 9.63. The van der Waals surface area contributed by atoms with Crippen molar-refractivity contribution in [3.63, 3.8) is 0 Å². The van der Waals surface area contributed by atoms with Gasteiger partial charge in [-0.05, 0) is 107 Å². The van der Waals surface area contributed by atoms with Crippen LogP contribution in [-0.4, -0.2) is 54.0 Å². The van der Waals surface area contributed by atoms with Gasteiger partial charge in [-0.2, -0.15) is 0 Å². The van der Waals surface area contributed by atoms with Crippen molar-refractivity contribution in [2.45, 2.75) is 103 Å². The van der Waals surface area contributed by atoms with Gasteiger partial charge in [0.05, 0.1) is 11.5 Å². The topological polar surface area (TPSA) is 73.5 Å². The highest BCUT2D eigenvalue weighted by atomic mass is 35.5. The number of benzene rings is 2. The van der Waals surface area contributed by atoms with Crippen LogP contribution in [0.1, 0.15) is 82.4 Å². The summed E-state index contributed by atoms with van der Waals surface area (Å²) in [7, 11) is 0. The fourth-order valence-corrected chi connectivity index (χ4v) is 7.52. The fourth-order valence-electron chi connectivity index (χ4n) is 7.39. The summed E-state index contributed by atoms with van der Waals surface area (Å²) < 4.78 is 0. The van der Waals surface area contributed by atoms with Gasteiger partial charge in [0.2, 0.25) is 11.8 Å². The van der Waals surface area contributed by atoms with Gasteiger partial charge in [0.25, 0.3) is 0 Å². The summed E-state index contributed by atoms with van der Waals surface area (Å²) in [5.74, 6) is 0.762. The zero-order valence-corrected chi connectivity index (χ0v) is 26.4. The van der Waals surface area contributed by atoms with Crippen LogP contribution >= 0.6 is 11.6 Å². The smallest absolute Gasteiger partial charge is 0.237 e. The minimum absolute atomic E-state index is 0.0387. The number of hydrogen-bond donors (Lipinski definition) is 3. The molecular weight excluding hydrogens is 544 g/mol. The highest BCUT2D eigenvalue weighted by molar-refractivity contribution is 6.30. The molecule has 2 unspecified atom stereocenters. The van der Waals surface area contributed by atoms with E-state index in [4.69, 9.17) is 11.6 Å². The van der Waals surface area contributed by atoms with Gasteiger partial charge in [0.1, 0.15) is 0 Å². The number of likely N-dealkylation sites (tertiary alicyclic amines) is 1. The Bertz CT molecular complexity index is 1210. The van der Waals surface area contributed by atoms with Crippen molar-refractivity contribution in [3.05, 3.63) is 70.2 Å². The second-order valence-corrected chi connectivity index (χ2v) is 14.4. The number of carbonyl (C=O) groups is 2. The molecule has 0 aromatic heterocycles. The van der Waals surface area contributed by atoms with Crippen LogP contribution in [0.15, 0.2) is 48.5 Å². The minimum atomic E-state index is -0.293. The van der Waals surface area contributed by atoms with Crippen LogP contribution in [0.4, 0.5) is 0 Å². The molecule has 2 heterocycles. The van der Waals surface area contributed by atoms with E-state index < -0.39 is 0 Å². The summed E-state index contributed by atoms with van der Waals surface area (Å²) in [6, 6.07) is 16.0. The molecule has 1 saturated carbocycles. The molecule has 2 aromatic carbocycles. The summed E-state index contributed by atoms with van der Waals surface area (Å²) in [6.07, 6.45) is 9.25. The number of rotatable bonds is 8. The molecule has 5 rings (SSSR count). The Morgan fingerprint density at radius 3 is 2.33 bits per heavy atom. The fraction of sp³-hybridized carbons (Fsp3) is 0.600. The maximum atomic E-state index is 13.8. The lowest BCUT2D eigenvalue weighted by Gasteiger charge is -2.48. The third-order valence-corrected chi connectivity index (χ3v) is 9.95. The van der Waals surface area contributed by atoms with E-state index in [1.807, 2.05) is 18.2 Å². The van der Waals surface area contributed by atoms with E-state index in [0.29, 0.717) is 23.9 Å². The zero-order valence-electron chi connectivity index (χ0n) is 25.7. The third-order valence-electron chi connectivity index (χ3n) is 9.69. The van der Waals surface area contributed by atoms with E-state index >= 15 is 0 Å². The summed E-state index contributed by atoms with van der Waals surface area (Å²) in [6.45, 7) is 9.46. The molecule has 3 aliphatic rings. The van der Waals surface area contributed by atoms with Crippen molar-refractivity contribution in [2.24, 2.45) is 11.3 Å². The molecule has 0 spiro atoms. The Labute approximate surface area is 257 Å². The van der Waals surface area contributed by atoms with Gasteiger partial charge >= 0.3 is 0 Å². The predicted octanol–water partition coefficient (Wildman–Crippen LogP) is 5.66. The SMILES string of the molecule is CC(C)(C)NC(=O)C1(C2CCCCC2)CCN(CC(Cc2ccc(Cl)cc2)NC(=O)C2Cc3ccccc3CN2)CC1. The van der Waals surface area contributed by atoms with Crippen LogP contribution in [0.25, 0.3) is 0 Å². The Balaban J connectivity index is 1.27. The zero-order chi connectivity index (χ0) is 29.7. The molecule has 228 valence electrons. The van der Waals surface area contributed by atoms with Gasteiger partial charge in [-0.25, -0.2) is 0 Å². The Morgan fingerprint density at radius 2 is 1.67 bits per heavy atom. The Morgan fingerprint density at radius 1 is 1.00 bits per heavy atom. The van der Waals surface area contributed by atoms with Crippen molar-refractivity contribution < 1.29 is 9.59 Å². The van der Waals surface area contributed by atoms with Gasteiger partial charge in [-0.15, -0.1) is 0 Å². The standard InChI is InChI=1S/C35H49ClN4O2/c1-34(2,3)39-33(42)35(28-11-5-4-6-12-28)17-19-40(20-18-35)24-30(21-25-13-15-29(36)16-14-25)38-32(41)31-22-26-9-7-8-10-27(26)23-37-31/h7-10,13-16,28,30-31,37H,4-6,11-12,17-24H2,1-3H3,(H,38,41)(H,39,42). The normalized spacial score (nSPS) is 22.1. The molecule has 2 atom stereocenters. The van der Waals surface area contributed by atoms with Crippen molar-refractivity contribution in [3.8, 4) is 0 Å². The minimum Gasteiger partial charge on any atom is -0.351 e. The van der Waals surface area contributed by atoms with Crippen LogP contribution in [0.3, 0.4) is 0 Å². The predicted molar refractivity (Wildman–Crippen MR) is 170 cm³/mol. The van der Waals surface area contributed by atoms with E-state index in [0.717, 1.165) is 57.3 Å². The molecule has 1 aliphatic carbocycles. The van der Waals surface area contributed by atoms with Crippen LogP contribution < -0.4 is 16.0 Å². The number of fused-ring (bicyclic) bond motifs is 1. The molecule has 6 nitrogen and oxygen atoms in total. The van der Waals surface area contributed by atoms with E-state index in [1.165, 1.54) is 30.4 Å². The van der Waals surface area contributed by atoms with Crippen LogP contribution in [0.5, 0.6) is 0 Å². The lowest BCUT2D eigenvalue weighted by molar-refractivity contribution is -0.141. The number of nitrogens with one attached hydrogen (secondary N) is 3. The van der Waals surface area contributed by atoms with Crippen LogP contribution in [0, 0.1) is 11.3 Å². The van der Waals surface area contributed by atoms with Gasteiger partial charge in [0, 0.05) is 29.7 Å². The Hall–Kier alpha value is -2.41. The van der Waals surface area contributed by atoms with Crippen LogP contribution in [0.2, 0.25) is 5.02 Å². The average Bonchev–Trinajstić information content (AvgIpc) is 2.98. The number of nitrogens with zero attached hydrogens (tertiary/aromatic N) is 1. The van der Waals surface area contributed by atoms with Gasteiger partial charge in [-0.3, -0.25) is 9.59 Å². The molecular formula is C35H49ClN4O2. The van der Waals surface area contributed by atoms with Gasteiger partial charge in [0.15, 0.2) is 0 Å². The lowest BCUT2D eigenvalue weighted by Crippen LogP contribution is -2.58. The average molecular weight is 593 g/mol. The first kappa shape index (κ1) is 31.0. The highest BCUT2D eigenvalue weighted by Gasteiger charge is 2.48. The number of halogens is 1. The third kappa shape index (κ3) is 7.75. The van der Waals surface area contributed by atoms with Crippen molar-refractivity contribution in [2.75, 3.05) is 19.6 Å². The van der Waals surface area contributed by atoms with Gasteiger partial charge in [-0.1, -0.05) is 67.3 Å². The van der Waals surface area contributed by atoms with E-state index in [2.05, 4.69) is 72.0 Å². The molecule has 3 N–H and O–H groups in total. The highest BCUT2D eigenvalue weighted by Crippen LogP contribution is 2.46. The molecule has 2 aromatic rings. The summed E-state index contributed by atoms with van der Waals surface area (Å²) in [5, 5.41) is 10.9. The second kappa shape index (κ2) is 13.5. The Kier molecular flexibility index (Phi) is 9.96. The molecule has 7 heteroatoms. The first-order valence-corrected chi connectivity index (χ1v) is 16.4. The van der Waals surface area contributed by atoms with E-state index in [1.54, 1.807) is 0 Å². The molecule has 2 amide bonds. The molecule has 42 heavy (non-hydrogen) atoms.